The van der Waals surface area contributed by atoms with Crippen molar-refractivity contribution in [3.05, 3.63) is 41.7 Å². The highest BCUT2D eigenvalue weighted by Gasteiger charge is 2.16. The van der Waals surface area contributed by atoms with Crippen LogP contribution in [0.2, 0.25) is 0 Å². The first-order valence-corrected chi connectivity index (χ1v) is 7.79. The molecule has 2 aromatic rings. The van der Waals surface area contributed by atoms with Gasteiger partial charge in [0.1, 0.15) is 0 Å². The van der Waals surface area contributed by atoms with Gasteiger partial charge in [-0.2, -0.15) is 5.10 Å². The quantitative estimate of drug-likeness (QED) is 0.873. The molecule has 0 spiro atoms. The second-order valence-electron chi connectivity index (χ2n) is 4.48. The van der Waals surface area contributed by atoms with Gasteiger partial charge in [-0.15, -0.1) is 0 Å². The predicted molar refractivity (Wildman–Crippen MR) is 77.8 cm³/mol. The number of hydrogen-bond acceptors (Lipinski definition) is 4. The lowest BCUT2D eigenvalue weighted by molar-refractivity contribution is 0.601. The van der Waals surface area contributed by atoms with E-state index in [1.54, 1.807) is 29.1 Å². The van der Waals surface area contributed by atoms with Crippen LogP contribution in [-0.4, -0.2) is 18.2 Å². The fraction of sp³-hybridized carbons (Fsp3) is 0.308. The average Bonchev–Trinajstić information content (AvgIpc) is 2.85. The number of nitrogens with zero attached hydrogens (tertiary/aromatic N) is 2. The molecule has 0 radical (unpaired) electrons. The summed E-state index contributed by atoms with van der Waals surface area (Å²) in [6, 6.07) is 4.91. The van der Waals surface area contributed by atoms with Crippen LogP contribution in [0, 0.1) is 6.92 Å². The molecule has 2 rings (SSSR count). The molecule has 6 nitrogen and oxygen atoms in total. The minimum atomic E-state index is -3.60. The number of sulfonamides is 1. The first-order valence-electron chi connectivity index (χ1n) is 6.31. The van der Waals surface area contributed by atoms with E-state index in [-0.39, 0.29) is 4.90 Å². The molecule has 3 N–H and O–H groups in total. The van der Waals surface area contributed by atoms with Crippen LogP contribution in [0.3, 0.4) is 0 Å². The zero-order valence-electron chi connectivity index (χ0n) is 11.5. The molecular formula is C13H18N4O2S. The summed E-state index contributed by atoms with van der Waals surface area (Å²) in [5, 5.41) is 4.03. The van der Waals surface area contributed by atoms with Crippen molar-refractivity contribution in [1.29, 1.82) is 0 Å². The Morgan fingerprint density at radius 1 is 1.40 bits per heavy atom. The first-order chi connectivity index (χ1) is 9.46. The summed E-state index contributed by atoms with van der Waals surface area (Å²) < 4.78 is 28.7. The first kappa shape index (κ1) is 14.5. The maximum atomic E-state index is 12.3. The molecule has 0 fully saturated rings. The van der Waals surface area contributed by atoms with Gasteiger partial charge in [-0.25, -0.2) is 8.42 Å². The standard InChI is InChI=1S/C13H18N4O2S/c1-3-17-9-12(8-15-17)16-20(18,19)13-5-4-11(7-14)10(2)6-13/h4-6,8-9,16H,3,7,14H2,1-2H3. The lowest BCUT2D eigenvalue weighted by Crippen LogP contribution is -2.13. The summed E-state index contributed by atoms with van der Waals surface area (Å²) in [6.45, 7) is 4.85. The van der Waals surface area contributed by atoms with Gasteiger partial charge in [0.15, 0.2) is 0 Å². The Morgan fingerprint density at radius 2 is 2.15 bits per heavy atom. The molecule has 1 aromatic carbocycles. The van der Waals surface area contributed by atoms with Gasteiger partial charge in [0.25, 0.3) is 10.0 Å². The molecule has 20 heavy (non-hydrogen) atoms. The summed E-state index contributed by atoms with van der Waals surface area (Å²) >= 11 is 0. The highest BCUT2D eigenvalue weighted by atomic mass is 32.2. The number of aromatic nitrogens is 2. The Kier molecular flexibility index (Phi) is 4.10. The van der Waals surface area contributed by atoms with Gasteiger partial charge < -0.3 is 5.73 Å². The molecule has 0 aliphatic rings. The van der Waals surface area contributed by atoms with Gasteiger partial charge in [-0.1, -0.05) is 6.07 Å². The Morgan fingerprint density at radius 3 is 2.70 bits per heavy atom. The fourth-order valence-electron chi connectivity index (χ4n) is 1.87. The zero-order chi connectivity index (χ0) is 14.8. The van der Waals surface area contributed by atoms with Gasteiger partial charge in [0.05, 0.1) is 16.8 Å². The Hall–Kier alpha value is -1.86. The molecule has 108 valence electrons. The largest absolute Gasteiger partial charge is 0.326 e. The van der Waals surface area contributed by atoms with E-state index in [9.17, 15) is 8.42 Å². The van der Waals surface area contributed by atoms with Crippen LogP contribution in [0.1, 0.15) is 18.1 Å². The normalized spacial score (nSPS) is 11.6. The van der Waals surface area contributed by atoms with Crippen molar-refractivity contribution >= 4 is 15.7 Å². The second kappa shape index (κ2) is 5.64. The highest BCUT2D eigenvalue weighted by molar-refractivity contribution is 7.92. The molecule has 0 atom stereocenters. The molecule has 0 aliphatic heterocycles. The summed E-state index contributed by atoms with van der Waals surface area (Å²) in [6.07, 6.45) is 3.14. The predicted octanol–water partition coefficient (Wildman–Crippen LogP) is 1.47. The van der Waals surface area contributed by atoms with E-state index in [1.807, 2.05) is 13.8 Å². The van der Waals surface area contributed by atoms with E-state index < -0.39 is 10.0 Å². The molecule has 0 saturated heterocycles. The molecular weight excluding hydrogens is 276 g/mol. The van der Waals surface area contributed by atoms with Crippen molar-refractivity contribution in [2.75, 3.05) is 4.72 Å². The van der Waals surface area contributed by atoms with Crippen molar-refractivity contribution in [3.63, 3.8) is 0 Å². The summed E-state index contributed by atoms with van der Waals surface area (Å²) in [7, 11) is -3.60. The average molecular weight is 294 g/mol. The van der Waals surface area contributed by atoms with Crippen molar-refractivity contribution in [3.8, 4) is 0 Å². The van der Waals surface area contributed by atoms with Gasteiger partial charge >= 0.3 is 0 Å². The van der Waals surface area contributed by atoms with Crippen LogP contribution in [0.25, 0.3) is 0 Å². The number of aryl methyl sites for hydroxylation is 2. The van der Waals surface area contributed by atoms with E-state index >= 15 is 0 Å². The number of anilines is 1. The summed E-state index contributed by atoms with van der Waals surface area (Å²) in [5.74, 6) is 0. The Labute approximate surface area is 118 Å². The molecule has 7 heteroatoms. The molecule has 0 bridgehead atoms. The number of hydrogen-bond donors (Lipinski definition) is 2. The van der Waals surface area contributed by atoms with Gasteiger partial charge in [0, 0.05) is 19.3 Å². The highest BCUT2D eigenvalue weighted by Crippen LogP contribution is 2.18. The van der Waals surface area contributed by atoms with Crippen molar-refractivity contribution < 1.29 is 8.42 Å². The van der Waals surface area contributed by atoms with Crippen molar-refractivity contribution in [1.82, 2.24) is 9.78 Å². The van der Waals surface area contributed by atoms with Crippen molar-refractivity contribution in [2.24, 2.45) is 5.73 Å². The lowest BCUT2D eigenvalue weighted by atomic mass is 10.1. The maximum absolute atomic E-state index is 12.3. The molecule has 1 heterocycles. The zero-order valence-corrected chi connectivity index (χ0v) is 12.3. The smallest absolute Gasteiger partial charge is 0.262 e. The molecule has 0 saturated carbocycles. The molecule has 0 aliphatic carbocycles. The lowest BCUT2D eigenvalue weighted by Gasteiger charge is -2.09. The Balaban J connectivity index is 2.28. The molecule has 0 unspecified atom stereocenters. The number of nitrogens with one attached hydrogen (secondary N) is 1. The Bertz CT molecular complexity index is 707. The van der Waals surface area contributed by atoms with E-state index in [0.29, 0.717) is 18.8 Å². The van der Waals surface area contributed by atoms with E-state index in [2.05, 4.69) is 9.82 Å². The van der Waals surface area contributed by atoms with Crippen LogP contribution in [-0.2, 0) is 23.1 Å². The van der Waals surface area contributed by atoms with Gasteiger partial charge in [0.2, 0.25) is 0 Å². The van der Waals surface area contributed by atoms with Gasteiger partial charge in [-0.05, 0) is 37.1 Å². The summed E-state index contributed by atoms with van der Waals surface area (Å²) in [4.78, 5) is 0.219. The van der Waals surface area contributed by atoms with Crippen LogP contribution >= 0.6 is 0 Å². The van der Waals surface area contributed by atoms with E-state index in [1.165, 1.54) is 6.20 Å². The van der Waals surface area contributed by atoms with E-state index in [0.717, 1.165) is 11.1 Å². The van der Waals surface area contributed by atoms with Crippen molar-refractivity contribution in [2.45, 2.75) is 31.8 Å². The van der Waals surface area contributed by atoms with Crippen LogP contribution in [0.4, 0.5) is 5.69 Å². The number of benzene rings is 1. The number of rotatable bonds is 5. The minimum absolute atomic E-state index is 0.219. The summed E-state index contributed by atoms with van der Waals surface area (Å²) in [5.41, 5.74) is 7.82. The van der Waals surface area contributed by atoms with Crippen LogP contribution in [0.5, 0.6) is 0 Å². The SMILES string of the molecule is CCn1cc(NS(=O)(=O)c2ccc(CN)c(C)c2)cn1. The monoisotopic (exact) mass is 294 g/mol. The third-order valence-corrected chi connectivity index (χ3v) is 4.43. The third-order valence-electron chi connectivity index (χ3n) is 3.05. The van der Waals surface area contributed by atoms with Crippen LogP contribution < -0.4 is 10.5 Å². The third kappa shape index (κ3) is 3.00. The second-order valence-corrected chi connectivity index (χ2v) is 6.17. The maximum Gasteiger partial charge on any atom is 0.262 e. The number of nitrogens with two attached hydrogens (primary N) is 1. The topological polar surface area (TPSA) is 90.0 Å². The van der Waals surface area contributed by atoms with Gasteiger partial charge in [-0.3, -0.25) is 9.40 Å². The van der Waals surface area contributed by atoms with E-state index in [4.69, 9.17) is 5.73 Å². The van der Waals surface area contributed by atoms with Crippen LogP contribution in [0.15, 0.2) is 35.5 Å². The fourth-order valence-corrected chi connectivity index (χ4v) is 2.98. The molecule has 0 amide bonds. The minimum Gasteiger partial charge on any atom is -0.326 e. The molecule has 1 aromatic heterocycles.